The van der Waals surface area contributed by atoms with Gasteiger partial charge in [-0.2, -0.15) is 5.10 Å². The van der Waals surface area contributed by atoms with Crippen LogP contribution in [0.15, 0.2) is 11.3 Å². The molecule has 2 atom stereocenters. The molecule has 2 aliphatic rings. The molecule has 122 valence electrons. The Morgan fingerprint density at radius 3 is 2.91 bits per heavy atom. The Balaban J connectivity index is 1.58. The lowest BCUT2D eigenvalue weighted by atomic mass is 10.2. The van der Waals surface area contributed by atoms with Crippen molar-refractivity contribution in [2.24, 2.45) is 12.0 Å². The van der Waals surface area contributed by atoms with Gasteiger partial charge in [-0.15, -0.1) is 0 Å². The first kappa shape index (κ1) is 15.3. The average Bonchev–Trinajstić information content (AvgIpc) is 3.15. The maximum absolute atomic E-state index is 4.64. The highest BCUT2D eigenvalue weighted by Gasteiger charge is 2.38. The van der Waals surface area contributed by atoms with Gasteiger partial charge in [0, 0.05) is 38.3 Å². The first-order valence-electron chi connectivity index (χ1n) is 8.30. The van der Waals surface area contributed by atoms with E-state index in [-0.39, 0.29) is 0 Å². The number of likely N-dealkylation sites (tertiary alicyclic amines) is 1. The zero-order valence-electron chi connectivity index (χ0n) is 13.8. The van der Waals surface area contributed by atoms with Crippen LogP contribution in [0.3, 0.4) is 0 Å². The Labute approximate surface area is 132 Å². The van der Waals surface area contributed by atoms with E-state index < -0.39 is 0 Å². The van der Waals surface area contributed by atoms with Gasteiger partial charge in [-0.25, -0.2) is 9.98 Å². The maximum Gasteiger partial charge on any atom is 0.191 e. The van der Waals surface area contributed by atoms with Crippen molar-refractivity contribution < 1.29 is 0 Å². The van der Waals surface area contributed by atoms with Crippen LogP contribution in [0.4, 0.5) is 0 Å². The number of nitrogens with zero attached hydrogens (tertiary/aromatic N) is 5. The predicted molar refractivity (Wildman–Crippen MR) is 86.5 cm³/mol. The molecular weight excluding hydrogens is 278 g/mol. The lowest BCUT2D eigenvalue weighted by Gasteiger charge is -2.20. The zero-order chi connectivity index (χ0) is 15.5. The molecule has 0 radical (unpaired) electrons. The molecule has 7 heteroatoms. The van der Waals surface area contributed by atoms with E-state index in [2.05, 4.69) is 44.5 Å². The molecule has 1 aromatic heterocycles. The standard InChI is InChI=1S/C15H27N7/c1-4-16-15(17-8-14-18-10-19-21(14)3)20-12-7-11(2)22(9-12)13-5-6-13/h10-13H,4-9H2,1-3H3,(H2,16,17,20). The minimum absolute atomic E-state index is 0.480. The molecule has 0 spiro atoms. The first-order chi connectivity index (χ1) is 10.7. The summed E-state index contributed by atoms with van der Waals surface area (Å²) in [6.45, 7) is 6.96. The Hall–Kier alpha value is -1.63. The molecule has 7 nitrogen and oxygen atoms in total. The molecule has 1 aliphatic heterocycles. The van der Waals surface area contributed by atoms with Crippen molar-refractivity contribution in [1.29, 1.82) is 0 Å². The van der Waals surface area contributed by atoms with Crippen molar-refractivity contribution in [3.63, 3.8) is 0 Å². The van der Waals surface area contributed by atoms with E-state index in [4.69, 9.17) is 0 Å². The third kappa shape index (κ3) is 3.58. The van der Waals surface area contributed by atoms with Crippen LogP contribution in [-0.2, 0) is 13.6 Å². The highest BCUT2D eigenvalue weighted by atomic mass is 15.3. The quantitative estimate of drug-likeness (QED) is 0.612. The SMILES string of the molecule is CCNC(=NCc1ncnn1C)NC1CC(C)N(C2CC2)C1. The predicted octanol–water partition coefficient (Wildman–Crippen LogP) is 0.495. The summed E-state index contributed by atoms with van der Waals surface area (Å²) in [5, 5.41) is 11.0. The maximum atomic E-state index is 4.64. The van der Waals surface area contributed by atoms with Crippen LogP contribution in [0.2, 0.25) is 0 Å². The van der Waals surface area contributed by atoms with Gasteiger partial charge in [0.2, 0.25) is 0 Å². The highest BCUT2D eigenvalue weighted by molar-refractivity contribution is 5.80. The average molecular weight is 305 g/mol. The number of nitrogens with one attached hydrogen (secondary N) is 2. The highest BCUT2D eigenvalue weighted by Crippen LogP contribution is 2.33. The van der Waals surface area contributed by atoms with Crippen molar-refractivity contribution in [3.8, 4) is 0 Å². The molecule has 2 unspecified atom stereocenters. The van der Waals surface area contributed by atoms with Gasteiger partial charge in [0.25, 0.3) is 0 Å². The monoisotopic (exact) mass is 305 g/mol. The van der Waals surface area contributed by atoms with Crippen LogP contribution in [0.25, 0.3) is 0 Å². The number of aryl methyl sites for hydroxylation is 1. The number of guanidine groups is 1. The van der Waals surface area contributed by atoms with E-state index in [1.165, 1.54) is 19.3 Å². The van der Waals surface area contributed by atoms with Crippen LogP contribution < -0.4 is 10.6 Å². The summed E-state index contributed by atoms with van der Waals surface area (Å²) in [6.07, 6.45) is 5.50. The van der Waals surface area contributed by atoms with Gasteiger partial charge in [0.1, 0.15) is 18.7 Å². The van der Waals surface area contributed by atoms with Crippen molar-refractivity contribution in [2.45, 2.75) is 57.8 Å². The van der Waals surface area contributed by atoms with E-state index in [9.17, 15) is 0 Å². The molecule has 22 heavy (non-hydrogen) atoms. The van der Waals surface area contributed by atoms with Gasteiger partial charge >= 0.3 is 0 Å². The molecule has 0 bridgehead atoms. The summed E-state index contributed by atoms with van der Waals surface area (Å²) >= 11 is 0. The fourth-order valence-electron chi connectivity index (χ4n) is 3.20. The zero-order valence-corrected chi connectivity index (χ0v) is 13.8. The van der Waals surface area contributed by atoms with Crippen molar-refractivity contribution >= 4 is 5.96 Å². The smallest absolute Gasteiger partial charge is 0.191 e. The Morgan fingerprint density at radius 2 is 2.27 bits per heavy atom. The molecule has 3 rings (SSSR count). The molecule has 1 aliphatic carbocycles. The lowest BCUT2D eigenvalue weighted by molar-refractivity contribution is 0.256. The van der Waals surface area contributed by atoms with Gasteiger partial charge in [-0.1, -0.05) is 0 Å². The molecule has 1 aromatic rings. The van der Waals surface area contributed by atoms with Crippen molar-refractivity contribution in [3.05, 3.63) is 12.2 Å². The largest absolute Gasteiger partial charge is 0.357 e. The van der Waals surface area contributed by atoms with Crippen LogP contribution in [0.5, 0.6) is 0 Å². The van der Waals surface area contributed by atoms with Gasteiger partial charge in [0.05, 0.1) is 0 Å². The minimum Gasteiger partial charge on any atom is -0.357 e. The fraction of sp³-hybridized carbons (Fsp3) is 0.800. The van der Waals surface area contributed by atoms with Crippen molar-refractivity contribution in [1.82, 2.24) is 30.3 Å². The normalized spacial score (nSPS) is 26.4. The summed E-state index contributed by atoms with van der Waals surface area (Å²) in [5.41, 5.74) is 0. The summed E-state index contributed by atoms with van der Waals surface area (Å²) in [6, 6.07) is 1.99. The first-order valence-corrected chi connectivity index (χ1v) is 8.30. The number of aliphatic imine (C=N–C) groups is 1. The molecule has 0 aromatic carbocycles. The van der Waals surface area contributed by atoms with E-state index >= 15 is 0 Å². The van der Waals surface area contributed by atoms with Gasteiger partial charge < -0.3 is 10.6 Å². The van der Waals surface area contributed by atoms with Gasteiger partial charge in [0.15, 0.2) is 5.96 Å². The van der Waals surface area contributed by atoms with Crippen LogP contribution in [-0.4, -0.2) is 56.8 Å². The second-order valence-electron chi connectivity index (χ2n) is 6.35. The summed E-state index contributed by atoms with van der Waals surface area (Å²) in [4.78, 5) is 11.5. The van der Waals surface area contributed by atoms with Crippen LogP contribution in [0, 0.1) is 0 Å². The molecule has 2 heterocycles. The summed E-state index contributed by atoms with van der Waals surface area (Å²) < 4.78 is 1.76. The van der Waals surface area contributed by atoms with E-state index in [1.54, 1.807) is 11.0 Å². The number of aromatic nitrogens is 3. The minimum atomic E-state index is 0.480. The van der Waals surface area contributed by atoms with Crippen molar-refractivity contribution in [2.75, 3.05) is 13.1 Å². The Kier molecular flexibility index (Phi) is 4.61. The van der Waals surface area contributed by atoms with E-state index in [0.717, 1.165) is 30.9 Å². The molecule has 1 saturated carbocycles. The molecular formula is C15H27N7. The number of hydrogen-bond acceptors (Lipinski definition) is 4. The third-order valence-corrected chi connectivity index (χ3v) is 4.51. The second-order valence-corrected chi connectivity index (χ2v) is 6.35. The lowest BCUT2D eigenvalue weighted by Crippen LogP contribution is -2.44. The van der Waals surface area contributed by atoms with E-state index in [0.29, 0.717) is 18.6 Å². The molecule has 2 fully saturated rings. The molecule has 2 N–H and O–H groups in total. The second kappa shape index (κ2) is 6.64. The molecule has 0 amide bonds. The van der Waals surface area contributed by atoms with E-state index in [1.807, 2.05) is 7.05 Å². The van der Waals surface area contributed by atoms with Crippen LogP contribution in [0.1, 0.15) is 38.9 Å². The fourth-order valence-corrected chi connectivity index (χ4v) is 3.20. The van der Waals surface area contributed by atoms with Crippen LogP contribution >= 0.6 is 0 Å². The number of hydrogen-bond donors (Lipinski definition) is 2. The Morgan fingerprint density at radius 1 is 1.45 bits per heavy atom. The Bertz CT molecular complexity index is 520. The topological polar surface area (TPSA) is 70.4 Å². The summed E-state index contributed by atoms with van der Waals surface area (Å²) in [5.74, 6) is 1.75. The van der Waals surface area contributed by atoms with Gasteiger partial charge in [-0.3, -0.25) is 9.58 Å². The van der Waals surface area contributed by atoms with Gasteiger partial charge in [-0.05, 0) is 33.1 Å². The molecule has 1 saturated heterocycles. The third-order valence-electron chi connectivity index (χ3n) is 4.51. The number of rotatable bonds is 5. The summed E-state index contributed by atoms with van der Waals surface area (Å²) in [7, 11) is 1.89.